The van der Waals surface area contributed by atoms with Gasteiger partial charge in [0.25, 0.3) is 5.91 Å². The predicted molar refractivity (Wildman–Crippen MR) is 87.7 cm³/mol. The van der Waals surface area contributed by atoms with E-state index in [0.717, 1.165) is 10.9 Å². The summed E-state index contributed by atoms with van der Waals surface area (Å²) in [5.74, 6) is -0.880. The Balaban J connectivity index is 2.29. The van der Waals surface area contributed by atoms with Crippen LogP contribution >= 0.6 is 15.9 Å². The Kier molecular flexibility index (Phi) is 5.27. The van der Waals surface area contributed by atoms with E-state index in [4.69, 9.17) is 4.74 Å². The molecule has 0 aliphatic rings. The number of hydrogen-bond donors (Lipinski definition) is 1. The number of amides is 1. The molecule has 2 aromatic rings. The zero-order chi connectivity index (χ0) is 16.1. The third kappa shape index (κ3) is 3.71. The zero-order valence-electron chi connectivity index (χ0n) is 12.0. The van der Waals surface area contributed by atoms with E-state index < -0.39 is 12.0 Å². The fourth-order valence-electron chi connectivity index (χ4n) is 2.09. The van der Waals surface area contributed by atoms with Gasteiger partial charge in [-0.1, -0.05) is 40.7 Å². The molecule has 22 heavy (non-hydrogen) atoms. The van der Waals surface area contributed by atoms with Crippen molar-refractivity contribution in [2.45, 2.75) is 12.5 Å². The highest BCUT2D eigenvalue weighted by atomic mass is 79.9. The minimum absolute atomic E-state index is 0.251. The van der Waals surface area contributed by atoms with E-state index in [9.17, 15) is 9.59 Å². The van der Waals surface area contributed by atoms with Crippen molar-refractivity contribution in [2.75, 3.05) is 7.11 Å². The number of carbonyl (C=O) groups excluding carboxylic acids is 2. The van der Waals surface area contributed by atoms with Crippen molar-refractivity contribution in [3.8, 4) is 0 Å². The highest BCUT2D eigenvalue weighted by Crippen LogP contribution is 2.17. The van der Waals surface area contributed by atoms with Crippen LogP contribution in [0, 0.1) is 0 Å². The van der Waals surface area contributed by atoms with Gasteiger partial charge in [0.05, 0.1) is 18.2 Å². The molecule has 2 rings (SSSR count). The summed E-state index contributed by atoms with van der Waals surface area (Å²) in [5, 5.41) is 3.40. The molecule has 1 amide bonds. The number of esters is 1. The molecule has 0 spiro atoms. The maximum atomic E-state index is 12.5. The number of halogens is 1. The lowest BCUT2D eigenvalue weighted by molar-refractivity contribution is -0.142. The fourth-order valence-corrected chi connectivity index (χ4v) is 2.41. The van der Waals surface area contributed by atoms with Gasteiger partial charge >= 0.3 is 5.97 Å². The van der Waals surface area contributed by atoms with Crippen LogP contribution in [0.5, 0.6) is 0 Å². The molecule has 1 heterocycles. The van der Waals surface area contributed by atoms with Crippen LogP contribution in [0.15, 0.2) is 47.6 Å². The second-order valence-electron chi connectivity index (χ2n) is 4.65. The van der Waals surface area contributed by atoms with Crippen LogP contribution in [0.1, 0.15) is 16.8 Å². The first-order valence-electron chi connectivity index (χ1n) is 6.58. The maximum Gasteiger partial charge on any atom is 0.328 e. The molecule has 0 saturated carbocycles. The topological polar surface area (TPSA) is 68.3 Å². The van der Waals surface area contributed by atoms with Crippen molar-refractivity contribution in [3.63, 3.8) is 0 Å². The summed E-state index contributed by atoms with van der Waals surface area (Å²) < 4.78 is 5.31. The Morgan fingerprint density at radius 3 is 2.77 bits per heavy atom. The molecule has 1 aromatic carbocycles. The van der Waals surface area contributed by atoms with E-state index in [1.165, 1.54) is 7.11 Å². The number of carbonyl (C=O) groups is 2. The minimum Gasteiger partial charge on any atom is -0.467 e. The van der Waals surface area contributed by atoms with E-state index in [1.807, 2.05) is 24.3 Å². The summed E-state index contributed by atoms with van der Waals surface area (Å²) in [7, 11) is 1.28. The molecule has 0 aliphatic carbocycles. The first-order valence-corrected chi connectivity index (χ1v) is 7.38. The van der Waals surface area contributed by atoms with Gasteiger partial charge in [0.15, 0.2) is 0 Å². The molecule has 0 unspecified atom stereocenters. The molecule has 1 N–H and O–H groups in total. The van der Waals surface area contributed by atoms with Crippen LogP contribution < -0.4 is 5.32 Å². The molecule has 0 bridgehead atoms. The molecule has 0 radical (unpaired) electrons. The van der Waals surface area contributed by atoms with Crippen molar-refractivity contribution in [3.05, 3.63) is 53.2 Å². The first kappa shape index (κ1) is 16.2. The van der Waals surface area contributed by atoms with Gasteiger partial charge in [0, 0.05) is 18.0 Å². The van der Waals surface area contributed by atoms with E-state index in [0.29, 0.717) is 10.0 Å². The number of methoxy groups -OCH3 is 1. The highest BCUT2D eigenvalue weighted by molar-refractivity contribution is 9.11. The normalized spacial score (nSPS) is 11.7. The maximum absolute atomic E-state index is 12.5. The van der Waals surface area contributed by atoms with E-state index in [-0.39, 0.29) is 12.3 Å². The summed E-state index contributed by atoms with van der Waals surface area (Å²) in [6.45, 7) is 3.69. The lowest BCUT2D eigenvalue weighted by atomic mass is 10.1. The molecule has 0 aliphatic heterocycles. The number of benzene rings is 1. The Bertz CT molecular complexity index is 725. The number of pyridine rings is 1. The van der Waals surface area contributed by atoms with Crippen LogP contribution in [0.3, 0.4) is 0 Å². The van der Waals surface area contributed by atoms with Gasteiger partial charge in [-0.2, -0.15) is 0 Å². The Hall–Kier alpha value is -2.21. The van der Waals surface area contributed by atoms with Crippen LogP contribution in [0.4, 0.5) is 0 Å². The molecule has 6 heteroatoms. The predicted octanol–water partition coefficient (Wildman–Crippen LogP) is 2.80. The highest BCUT2D eigenvalue weighted by Gasteiger charge is 2.23. The van der Waals surface area contributed by atoms with Crippen LogP contribution in [-0.2, 0) is 9.53 Å². The molecular weight excluding hydrogens is 348 g/mol. The fraction of sp³-hybridized carbons (Fsp3) is 0.188. The average Bonchev–Trinajstić information content (AvgIpc) is 2.52. The summed E-state index contributed by atoms with van der Waals surface area (Å²) in [6.07, 6.45) is 1.81. The van der Waals surface area contributed by atoms with Gasteiger partial charge in [0.1, 0.15) is 6.04 Å². The number of nitrogens with zero attached hydrogens (tertiary/aromatic N) is 1. The SMILES string of the molecule is C=C(Br)C[C@H](NC(=O)c1ccnc2ccccc12)C(=O)OC. The summed E-state index contributed by atoms with van der Waals surface area (Å²) >= 11 is 3.19. The number of aromatic nitrogens is 1. The lowest BCUT2D eigenvalue weighted by Gasteiger charge is -2.16. The van der Waals surface area contributed by atoms with Gasteiger partial charge < -0.3 is 10.1 Å². The second kappa shape index (κ2) is 7.17. The summed E-state index contributed by atoms with van der Waals surface area (Å²) in [5.41, 5.74) is 1.18. The van der Waals surface area contributed by atoms with Crippen LogP contribution in [0.2, 0.25) is 0 Å². The largest absolute Gasteiger partial charge is 0.467 e. The van der Waals surface area contributed by atoms with Crippen molar-refractivity contribution < 1.29 is 14.3 Å². The first-order chi connectivity index (χ1) is 10.5. The lowest BCUT2D eigenvalue weighted by Crippen LogP contribution is -2.41. The zero-order valence-corrected chi connectivity index (χ0v) is 13.6. The third-order valence-electron chi connectivity index (χ3n) is 3.11. The quantitative estimate of drug-likeness (QED) is 0.830. The molecule has 0 fully saturated rings. The summed E-state index contributed by atoms with van der Waals surface area (Å²) in [4.78, 5) is 28.5. The van der Waals surface area contributed by atoms with Gasteiger partial charge in [-0.25, -0.2) is 4.79 Å². The average molecular weight is 363 g/mol. The Morgan fingerprint density at radius 1 is 1.36 bits per heavy atom. The number of ether oxygens (including phenoxy) is 1. The number of fused-ring (bicyclic) bond motifs is 1. The Labute approximate surface area is 136 Å². The van der Waals surface area contributed by atoms with Crippen LogP contribution in [-0.4, -0.2) is 30.0 Å². The minimum atomic E-state index is -0.795. The van der Waals surface area contributed by atoms with Crippen LogP contribution in [0.25, 0.3) is 10.9 Å². The van der Waals surface area contributed by atoms with Gasteiger partial charge in [-0.15, -0.1) is 0 Å². The molecule has 5 nitrogen and oxygen atoms in total. The van der Waals surface area contributed by atoms with Gasteiger partial charge in [-0.3, -0.25) is 9.78 Å². The van der Waals surface area contributed by atoms with Crippen molar-refractivity contribution in [1.29, 1.82) is 0 Å². The number of rotatable bonds is 5. The molecular formula is C16H15BrN2O3. The molecule has 1 aromatic heterocycles. The van der Waals surface area contributed by atoms with E-state index in [2.05, 4.69) is 32.8 Å². The van der Waals surface area contributed by atoms with Crippen molar-refractivity contribution >= 4 is 38.7 Å². The van der Waals surface area contributed by atoms with Crippen molar-refractivity contribution in [2.24, 2.45) is 0 Å². The monoisotopic (exact) mass is 362 g/mol. The number of hydrogen-bond acceptors (Lipinski definition) is 4. The summed E-state index contributed by atoms with van der Waals surface area (Å²) in [6, 6.07) is 8.14. The molecule has 1 atom stereocenters. The third-order valence-corrected chi connectivity index (χ3v) is 3.43. The van der Waals surface area contributed by atoms with Gasteiger partial charge in [0.2, 0.25) is 0 Å². The Morgan fingerprint density at radius 2 is 2.09 bits per heavy atom. The second-order valence-corrected chi connectivity index (χ2v) is 5.77. The number of para-hydroxylation sites is 1. The number of nitrogens with one attached hydrogen (secondary N) is 1. The smallest absolute Gasteiger partial charge is 0.328 e. The molecule has 114 valence electrons. The van der Waals surface area contributed by atoms with Crippen molar-refractivity contribution in [1.82, 2.24) is 10.3 Å². The van der Waals surface area contributed by atoms with E-state index in [1.54, 1.807) is 12.3 Å². The standard InChI is InChI=1S/C16H15BrN2O3/c1-10(17)9-14(16(21)22-2)19-15(20)12-7-8-18-13-6-4-3-5-11(12)13/h3-8,14H,1,9H2,2H3,(H,19,20)/t14-/m0/s1. The van der Waals surface area contributed by atoms with E-state index >= 15 is 0 Å². The van der Waals surface area contributed by atoms with Gasteiger partial charge in [-0.05, 0) is 16.6 Å². The molecule has 0 saturated heterocycles.